The Morgan fingerprint density at radius 2 is 1.73 bits per heavy atom. The van der Waals surface area contributed by atoms with Crippen molar-refractivity contribution in [1.82, 2.24) is 0 Å². The molecule has 1 N–H and O–H groups in total. The summed E-state index contributed by atoms with van der Waals surface area (Å²) in [6, 6.07) is 13.0. The summed E-state index contributed by atoms with van der Waals surface area (Å²) < 4.78 is 0. The largest absolute Gasteiger partial charge is 0.508 e. The molecule has 6 heteroatoms. The molecule has 0 unspecified atom stereocenters. The monoisotopic (exact) mass is 331 g/mol. The van der Waals surface area contributed by atoms with Crippen LogP contribution in [0, 0.1) is 0 Å². The Labute approximate surface area is 136 Å². The van der Waals surface area contributed by atoms with Gasteiger partial charge in [0.1, 0.15) is 5.75 Å². The maximum atomic E-state index is 12.4. The lowest BCUT2D eigenvalue weighted by Gasteiger charge is -2.12. The van der Waals surface area contributed by atoms with Crippen LogP contribution in [-0.2, 0) is 4.79 Å². The smallest absolute Gasteiger partial charge is 0.298 e. The third kappa shape index (κ3) is 2.73. The second kappa shape index (κ2) is 5.87. The third-order valence-electron chi connectivity index (χ3n) is 3.09. The van der Waals surface area contributed by atoms with Crippen molar-refractivity contribution < 1.29 is 14.7 Å². The van der Waals surface area contributed by atoms with Crippen LogP contribution in [-0.4, -0.2) is 16.3 Å². The first-order valence-electron chi connectivity index (χ1n) is 6.38. The normalized spacial score (nSPS) is 16.6. The van der Waals surface area contributed by atoms with Gasteiger partial charge in [-0.15, -0.1) is 0 Å². The van der Waals surface area contributed by atoms with Crippen molar-refractivity contribution >= 4 is 46.3 Å². The highest BCUT2D eigenvalue weighted by molar-refractivity contribution is 8.19. The summed E-state index contributed by atoms with van der Waals surface area (Å²) in [4.78, 5) is 25.9. The summed E-state index contributed by atoms with van der Waals surface area (Å²) in [6.45, 7) is 0. The van der Waals surface area contributed by atoms with Gasteiger partial charge in [-0.3, -0.25) is 9.59 Å². The molecule has 0 radical (unpaired) electrons. The Kier molecular flexibility index (Phi) is 3.92. The standard InChI is InChI=1S/C16H10ClNO3S/c17-13-4-2-1-3-10(13)9-14-15(20)18(16(21)22-14)11-5-7-12(19)8-6-11/h1-9,19H. The highest BCUT2D eigenvalue weighted by Crippen LogP contribution is 2.36. The van der Waals surface area contributed by atoms with E-state index in [1.54, 1.807) is 24.3 Å². The van der Waals surface area contributed by atoms with E-state index < -0.39 is 5.91 Å². The number of halogens is 1. The fourth-order valence-electron chi connectivity index (χ4n) is 2.03. The van der Waals surface area contributed by atoms with Gasteiger partial charge in [-0.25, -0.2) is 4.90 Å². The molecule has 1 heterocycles. The number of hydrogen-bond donors (Lipinski definition) is 1. The van der Waals surface area contributed by atoms with E-state index in [2.05, 4.69) is 0 Å². The molecule has 2 aromatic rings. The predicted molar refractivity (Wildman–Crippen MR) is 88.0 cm³/mol. The van der Waals surface area contributed by atoms with Gasteiger partial charge in [0.2, 0.25) is 0 Å². The molecule has 3 rings (SSSR count). The quantitative estimate of drug-likeness (QED) is 0.834. The van der Waals surface area contributed by atoms with E-state index in [4.69, 9.17) is 11.6 Å². The maximum Gasteiger partial charge on any atom is 0.298 e. The molecule has 0 atom stereocenters. The summed E-state index contributed by atoms with van der Waals surface area (Å²) in [5, 5.41) is 9.42. The molecule has 1 fully saturated rings. The number of carbonyl (C=O) groups is 2. The summed E-state index contributed by atoms with van der Waals surface area (Å²) in [5.74, 6) is -0.331. The average Bonchev–Trinajstić information content (AvgIpc) is 2.77. The molecule has 0 saturated carbocycles. The number of imide groups is 1. The number of aromatic hydroxyl groups is 1. The number of benzene rings is 2. The second-order valence-electron chi connectivity index (χ2n) is 4.56. The van der Waals surface area contributed by atoms with Crippen LogP contribution in [0.2, 0.25) is 5.02 Å². The van der Waals surface area contributed by atoms with Gasteiger partial charge in [-0.1, -0.05) is 29.8 Å². The molecule has 22 heavy (non-hydrogen) atoms. The minimum Gasteiger partial charge on any atom is -0.508 e. The minimum absolute atomic E-state index is 0.0716. The molecule has 1 aliphatic rings. The highest BCUT2D eigenvalue weighted by atomic mass is 35.5. The zero-order valence-corrected chi connectivity index (χ0v) is 12.8. The average molecular weight is 332 g/mol. The van der Waals surface area contributed by atoms with Crippen LogP contribution in [0.4, 0.5) is 10.5 Å². The Morgan fingerprint density at radius 1 is 1.05 bits per heavy atom. The van der Waals surface area contributed by atoms with E-state index in [1.165, 1.54) is 24.3 Å². The van der Waals surface area contributed by atoms with Crippen molar-refractivity contribution in [2.24, 2.45) is 0 Å². The van der Waals surface area contributed by atoms with Crippen LogP contribution >= 0.6 is 23.4 Å². The number of anilines is 1. The predicted octanol–water partition coefficient (Wildman–Crippen LogP) is 4.29. The number of hydrogen-bond acceptors (Lipinski definition) is 4. The van der Waals surface area contributed by atoms with Crippen molar-refractivity contribution in [3.63, 3.8) is 0 Å². The Morgan fingerprint density at radius 3 is 2.41 bits per heavy atom. The number of carbonyl (C=O) groups excluding carboxylic acids is 2. The van der Waals surface area contributed by atoms with Crippen LogP contribution in [0.25, 0.3) is 6.08 Å². The Balaban J connectivity index is 1.95. The highest BCUT2D eigenvalue weighted by Gasteiger charge is 2.36. The van der Waals surface area contributed by atoms with Crippen LogP contribution in [0.1, 0.15) is 5.56 Å². The van der Waals surface area contributed by atoms with Crippen LogP contribution in [0.15, 0.2) is 53.4 Å². The Hall–Kier alpha value is -2.24. The van der Waals surface area contributed by atoms with E-state index >= 15 is 0 Å². The van der Waals surface area contributed by atoms with Crippen molar-refractivity contribution in [2.45, 2.75) is 0 Å². The van der Waals surface area contributed by atoms with E-state index in [1.807, 2.05) is 6.07 Å². The summed E-state index contributed by atoms with van der Waals surface area (Å²) in [5.41, 5.74) is 1.10. The van der Waals surface area contributed by atoms with E-state index in [-0.39, 0.29) is 11.0 Å². The molecule has 2 amide bonds. The topological polar surface area (TPSA) is 57.6 Å². The zero-order chi connectivity index (χ0) is 15.7. The van der Waals surface area contributed by atoms with E-state index in [0.29, 0.717) is 21.2 Å². The van der Waals surface area contributed by atoms with Crippen molar-refractivity contribution in [3.05, 3.63) is 64.0 Å². The van der Waals surface area contributed by atoms with Gasteiger partial charge in [0.05, 0.1) is 10.6 Å². The van der Waals surface area contributed by atoms with Gasteiger partial charge in [0.15, 0.2) is 0 Å². The number of amides is 2. The summed E-state index contributed by atoms with van der Waals surface area (Å²) in [6.07, 6.45) is 1.60. The van der Waals surface area contributed by atoms with Gasteiger partial charge >= 0.3 is 0 Å². The molecule has 0 aromatic heterocycles. The second-order valence-corrected chi connectivity index (χ2v) is 5.96. The van der Waals surface area contributed by atoms with E-state index in [9.17, 15) is 14.7 Å². The van der Waals surface area contributed by atoms with Crippen molar-refractivity contribution in [2.75, 3.05) is 4.90 Å². The molecular formula is C16H10ClNO3S. The number of thioether (sulfide) groups is 1. The van der Waals surface area contributed by atoms with Gasteiger partial charge in [0, 0.05) is 5.02 Å². The fraction of sp³-hybridized carbons (Fsp3) is 0. The lowest BCUT2D eigenvalue weighted by molar-refractivity contribution is -0.113. The van der Waals surface area contributed by atoms with Gasteiger partial charge in [0.25, 0.3) is 11.1 Å². The maximum absolute atomic E-state index is 12.4. The minimum atomic E-state index is -0.402. The molecule has 2 aromatic carbocycles. The first-order chi connectivity index (χ1) is 10.6. The molecule has 1 aliphatic heterocycles. The summed E-state index contributed by atoms with van der Waals surface area (Å²) >= 11 is 6.93. The number of nitrogens with zero attached hydrogens (tertiary/aromatic N) is 1. The van der Waals surface area contributed by atoms with Crippen LogP contribution in [0.3, 0.4) is 0 Å². The fourth-order valence-corrected chi connectivity index (χ4v) is 3.05. The van der Waals surface area contributed by atoms with Crippen LogP contribution in [0.5, 0.6) is 5.75 Å². The number of phenolic OH excluding ortho intramolecular Hbond substituents is 1. The Bertz CT molecular complexity index is 786. The molecule has 4 nitrogen and oxygen atoms in total. The molecular weight excluding hydrogens is 322 g/mol. The summed E-state index contributed by atoms with van der Waals surface area (Å²) in [7, 11) is 0. The first-order valence-corrected chi connectivity index (χ1v) is 7.57. The van der Waals surface area contributed by atoms with Crippen LogP contribution < -0.4 is 4.90 Å². The van der Waals surface area contributed by atoms with Gasteiger partial charge < -0.3 is 5.11 Å². The van der Waals surface area contributed by atoms with E-state index in [0.717, 1.165) is 16.7 Å². The SMILES string of the molecule is O=C1SC(=Cc2ccccc2Cl)C(=O)N1c1ccc(O)cc1. The van der Waals surface area contributed by atoms with Gasteiger partial charge in [-0.2, -0.15) is 0 Å². The number of phenols is 1. The molecule has 0 aliphatic carbocycles. The lowest BCUT2D eigenvalue weighted by atomic mass is 10.2. The molecule has 1 saturated heterocycles. The molecule has 110 valence electrons. The number of rotatable bonds is 2. The van der Waals surface area contributed by atoms with Gasteiger partial charge in [-0.05, 0) is 53.7 Å². The molecule has 0 spiro atoms. The zero-order valence-electron chi connectivity index (χ0n) is 11.2. The lowest BCUT2D eigenvalue weighted by Crippen LogP contribution is -2.27. The third-order valence-corrected chi connectivity index (χ3v) is 4.31. The van der Waals surface area contributed by atoms with Crippen molar-refractivity contribution in [3.8, 4) is 5.75 Å². The van der Waals surface area contributed by atoms with Crippen molar-refractivity contribution in [1.29, 1.82) is 0 Å². The molecule has 0 bridgehead atoms. The first kappa shape index (κ1) is 14.7.